The van der Waals surface area contributed by atoms with Crippen LogP contribution in [-0.2, 0) is 32.1 Å². The average Bonchev–Trinajstić information content (AvgIpc) is 3.41. The number of methoxy groups -OCH3 is 1. The van der Waals surface area contributed by atoms with Crippen molar-refractivity contribution in [3.63, 3.8) is 0 Å². The summed E-state index contributed by atoms with van der Waals surface area (Å²) in [6.45, 7) is 4.07. The van der Waals surface area contributed by atoms with Crippen LogP contribution >= 0.6 is 0 Å². The van der Waals surface area contributed by atoms with Crippen LogP contribution in [0.3, 0.4) is 0 Å². The van der Waals surface area contributed by atoms with E-state index in [1.165, 1.54) is 7.11 Å². The van der Waals surface area contributed by atoms with Crippen molar-refractivity contribution < 1.29 is 19.1 Å². The Morgan fingerprint density at radius 3 is 2.05 bits per heavy atom. The molecule has 2 aliphatic rings. The molecule has 5 rings (SSSR count). The van der Waals surface area contributed by atoms with E-state index in [1.54, 1.807) is 9.80 Å². The lowest BCUT2D eigenvalue weighted by Crippen LogP contribution is -2.66. The van der Waals surface area contributed by atoms with Crippen molar-refractivity contribution in [3.8, 4) is 0 Å². The zero-order chi connectivity index (χ0) is 28.3. The molecule has 0 aliphatic carbocycles. The molecule has 2 aliphatic heterocycles. The third-order valence-electron chi connectivity index (χ3n) is 8.26. The molecular formula is C33H37N3O4. The number of rotatable bonds is 9. The number of nitrogens with one attached hydrogen (secondary N) is 1. The Labute approximate surface area is 236 Å². The number of piperazine rings is 1. The van der Waals surface area contributed by atoms with Gasteiger partial charge in [-0.05, 0) is 43.4 Å². The van der Waals surface area contributed by atoms with Crippen molar-refractivity contribution in [2.45, 2.75) is 63.9 Å². The van der Waals surface area contributed by atoms with Gasteiger partial charge in [-0.15, -0.1) is 0 Å². The summed E-state index contributed by atoms with van der Waals surface area (Å²) < 4.78 is 5.16. The number of hydrogen-bond acceptors (Lipinski definition) is 5. The first-order valence-corrected chi connectivity index (χ1v) is 13.9. The van der Waals surface area contributed by atoms with Gasteiger partial charge in [0.15, 0.2) is 0 Å². The van der Waals surface area contributed by atoms with Crippen molar-refractivity contribution in [2.75, 3.05) is 7.11 Å². The lowest BCUT2D eigenvalue weighted by Gasteiger charge is -2.45. The number of amides is 2. The van der Waals surface area contributed by atoms with Crippen LogP contribution in [0.2, 0.25) is 0 Å². The summed E-state index contributed by atoms with van der Waals surface area (Å²) in [5.41, 5.74) is 2.00. The summed E-state index contributed by atoms with van der Waals surface area (Å²) in [7, 11) is 1.39. The molecule has 2 fully saturated rings. The van der Waals surface area contributed by atoms with Crippen LogP contribution in [0.4, 0.5) is 0 Å². The maximum Gasteiger partial charge on any atom is 0.313 e. The predicted molar refractivity (Wildman–Crippen MR) is 153 cm³/mol. The maximum absolute atomic E-state index is 14.3. The van der Waals surface area contributed by atoms with Gasteiger partial charge < -0.3 is 14.5 Å². The first-order chi connectivity index (χ1) is 19.3. The summed E-state index contributed by atoms with van der Waals surface area (Å²) in [6.07, 6.45) is 1.21. The molecule has 2 saturated heterocycles. The first-order valence-electron chi connectivity index (χ1n) is 13.9. The lowest BCUT2D eigenvalue weighted by molar-refractivity contribution is -0.163. The monoisotopic (exact) mass is 539 g/mol. The Morgan fingerprint density at radius 1 is 0.875 bits per heavy atom. The molecule has 3 aromatic carbocycles. The van der Waals surface area contributed by atoms with Crippen LogP contribution in [0.25, 0.3) is 0 Å². The van der Waals surface area contributed by atoms with Gasteiger partial charge in [0.25, 0.3) is 0 Å². The predicted octanol–water partition coefficient (Wildman–Crippen LogP) is 4.49. The van der Waals surface area contributed by atoms with Gasteiger partial charge in [0, 0.05) is 19.0 Å². The topological polar surface area (TPSA) is 79.0 Å². The highest BCUT2D eigenvalue weighted by molar-refractivity contribution is 5.98. The average molecular weight is 540 g/mol. The van der Waals surface area contributed by atoms with Crippen LogP contribution in [0, 0.1) is 5.41 Å². The van der Waals surface area contributed by atoms with Gasteiger partial charge in [-0.25, -0.2) is 0 Å². The molecule has 2 heterocycles. The molecular weight excluding hydrogens is 502 g/mol. The van der Waals surface area contributed by atoms with Crippen LogP contribution < -0.4 is 5.32 Å². The van der Waals surface area contributed by atoms with Gasteiger partial charge in [-0.3, -0.25) is 19.7 Å². The summed E-state index contributed by atoms with van der Waals surface area (Å²) in [4.78, 5) is 44.8. The summed E-state index contributed by atoms with van der Waals surface area (Å²) in [5, 5.41) is 3.62. The summed E-state index contributed by atoms with van der Waals surface area (Å²) in [6, 6.07) is 27.8. The largest absolute Gasteiger partial charge is 0.469 e. The zero-order valence-electron chi connectivity index (χ0n) is 23.3. The highest BCUT2D eigenvalue weighted by Gasteiger charge is 2.52. The molecule has 0 aromatic heterocycles. The van der Waals surface area contributed by atoms with Crippen molar-refractivity contribution in [1.29, 1.82) is 0 Å². The van der Waals surface area contributed by atoms with E-state index in [-0.39, 0.29) is 17.8 Å². The molecule has 0 spiro atoms. The number of fused-ring (bicyclic) bond motifs is 1. The van der Waals surface area contributed by atoms with Gasteiger partial charge >= 0.3 is 5.97 Å². The van der Waals surface area contributed by atoms with E-state index in [0.717, 1.165) is 16.7 Å². The fraction of sp³-hybridized carbons (Fsp3) is 0.364. The van der Waals surface area contributed by atoms with Crippen molar-refractivity contribution in [2.24, 2.45) is 5.41 Å². The van der Waals surface area contributed by atoms with Crippen LogP contribution in [0.1, 0.15) is 49.4 Å². The summed E-state index contributed by atoms with van der Waals surface area (Å²) in [5.74, 6) is -0.445. The molecule has 3 aromatic rings. The van der Waals surface area contributed by atoms with Crippen LogP contribution in [-0.4, -0.2) is 52.9 Å². The fourth-order valence-corrected chi connectivity index (χ4v) is 6.12. The molecule has 2 amide bonds. The number of hydrogen-bond donors (Lipinski definition) is 1. The SMILES string of the molecule is COC(=O)C(C)(C)[C@@H](N[C@H]1CC[C@H]2C(=O)N(Cc3ccccc3)[C@H](Cc3ccccc3)C(=O)N12)c1ccccc1. The van der Waals surface area contributed by atoms with E-state index < -0.39 is 29.7 Å². The molecule has 7 nitrogen and oxygen atoms in total. The third-order valence-corrected chi connectivity index (χ3v) is 8.26. The van der Waals surface area contributed by atoms with E-state index in [0.29, 0.717) is 25.8 Å². The number of carbonyl (C=O) groups is 3. The fourth-order valence-electron chi connectivity index (χ4n) is 6.12. The Morgan fingerprint density at radius 2 is 1.45 bits per heavy atom. The molecule has 40 heavy (non-hydrogen) atoms. The second-order valence-electron chi connectivity index (χ2n) is 11.2. The van der Waals surface area contributed by atoms with Gasteiger partial charge in [-0.2, -0.15) is 0 Å². The highest BCUT2D eigenvalue weighted by Crippen LogP contribution is 2.39. The van der Waals surface area contributed by atoms with E-state index in [9.17, 15) is 14.4 Å². The summed E-state index contributed by atoms with van der Waals surface area (Å²) >= 11 is 0. The molecule has 1 N–H and O–H groups in total. The third kappa shape index (κ3) is 5.39. The first kappa shape index (κ1) is 27.6. The van der Waals surface area contributed by atoms with E-state index in [1.807, 2.05) is 105 Å². The van der Waals surface area contributed by atoms with Crippen LogP contribution in [0.15, 0.2) is 91.0 Å². The van der Waals surface area contributed by atoms with Crippen molar-refractivity contribution in [1.82, 2.24) is 15.1 Å². The van der Waals surface area contributed by atoms with E-state index >= 15 is 0 Å². The lowest BCUT2D eigenvalue weighted by atomic mass is 9.80. The number of benzene rings is 3. The van der Waals surface area contributed by atoms with E-state index in [2.05, 4.69) is 5.32 Å². The minimum Gasteiger partial charge on any atom is -0.469 e. The molecule has 208 valence electrons. The number of nitrogens with zero attached hydrogens (tertiary/aromatic N) is 2. The molecule has 0 bridgehead atoms. The number of esters is 1. The van der Waals surface area contributed by atoms with E-state index in [4.69, 9.17) is 4.74 Å². The second kappa shape index (κ2) is 11.6. The van der Waals surface area contributed by atoms with Gasteiger partial charge in [-0.1, -0.05) is 91.0 Å². The minimum absolute atomic E-state index is 0.0304. The standard InChI is InChI=1S/C33H37N3O4/c1-33(2,32(39)40-3)29(25-17-11-6-12-18-25)34-28-20-19-26-30(37)35(22-24-15-9-5-10-16-24)27(31(38)36(26)28)21-23-13-7-4-8-14-23/h4-18,26-29,34H,19-22H2,1-3H3/t26-,27+,28+,29-/m0/s1. The molecule has 0 radical (unpaired) electrons. The maximum atomic E-state index is 14.3. The second-order valence-corrected chi connectivity index (χ2v) is 11.2. The van der Waals surface area contributed by atoms with Crippen molar-refractivity contribution in [3.05, 3.63) is 108 Å². The highest BCUT2D eigenvalue weighted by atomic mass is 16.5. The Bertz CT molecular complexity index is 1330. The Kier molecular flexibility index (Phi) is 8.03. The quantitative estimate of drug-likeness (QED) is 0.406. The molecule has 7 heteroatoms. The van der Waals surface area contributed by atoms with Crippen LogP contribution in [0.5, 0.6) is 0 Å². The number of ether oxygens (including phenoxy) is 1. The molecule has 4 atom stereocenters. The Balaban J connectivity index is 1.47. The van der Waals surface area contributed by atoms with Gasteiger partial charge in [0.2, 0.25) is 11.8 Å². The van der Waals surface area contributed by atoms with Gasteiger partial charge in [0.05, 0.1) is 18.7 Å². The number of carbonyl (C=O) groups excluding carboxylic acids is 3. The Hall–Kier alpha value is -3.97. The minimum atomic E-state index is -0.917. The normalized spacial score (nSPS) is 21.7. The van der Waals surface area contributed by atoms with Gasteiger partial charge in [0.1, 0.15) is 12.1 Å². The van der Waals surface area contributed by atoms with Crippen molar-refractivity contribution >= 4 is 17.8 Å². The molecule has 0 saturated carbocycles. The smallest absolute Gasteiger partial charge is 0.313 e. The zero-order valence-corrected chi connectivity index (χ0v) is 23.3. The molecule has 0 unspecified atom stereocenters.